The summed E-state index contributed by atoms with van der Waals surface area (Å²) in [6.07, 6.45) is 0. The summed E-state index contributed by atoms with van der Waals surface area (Å²) in [7, 11) is -0.727. The lowest BCUT2D eigenvalue weighted by Crippen LogP contribution is -2.05. The van der Waals surface area contributed by atoms with Gasteiger partial charge in [-0.2, -0.15) is 0 Å². The van der Waals surface area contributed by atoms with E-state index in [1.165, 1.54) is 0 Å². The van der Waals surface area contributed by atoms with Crippen LogP contribution in [0.5, 0.6) is 0 Å². The molecule has 40 valence electrons. The third-order valence-corrected chi connectivity index (χ3v) is 4.59. The third-order valence-electron chi connectivity index (χ3n) is 0.784. The largest absolute Gasteiger partial charge is 0.107 e. The number of hydrogen-bond donors (Lipinski definition) is 0. The van der Waals surface area contributed by atoms with Crippen LogP contribution in [0.2, 0.25) is 0 Å². The van der Waals surface area contributed by atoms with Gasteiger partial charge in [0.05, 0.1) is 8.80 Å². The van der Waals surface area contributed by atoms with Crippen LogP contribution in [0.15, 0.2) is 24.6 Å². The molecule has 0 fully saturated rings. The highest BCUT2D eigenvalue weighted by Gasteiger charge is 1.93. The van der Waals surface area contributed by atoms with Crippen LogP contribution in [0.1, 0.15) is 0 Å². The lowest BCUT2D eigenvalue weighted by atomic mass is 11.2. The third kappa shape index (κ3) is 2.82. The Kier molecular flexibility index (Phi) is 4.45. The van der Waals surface area contributed by atoms with Crippen LogP contribution >= 0.6 is 15.9 Å². The average molecular weight is 177 g/mol. The molecule has 0 unspecified atom stereocenters. The summed E-state index contributed by atoms with van der Waals surface area (Å²) in [5.41, 5.74) is 4.00. The lowest BCUT2D eigenvalue weighted by molar-refractivity contribution is 2.07. The minimum absolute atomic E-state index is 0.727. The van der Waals surface area contributed by atoms with Gasteiger partial charge in [0.1, 0.15) is 0 Å². The Labute approximate surface area is 54.7 Å². The molecular weight excluding hydrogens is 168 g/mol. The Bertz CT molecular complexity index is 62.5. The summed E-state index contributed by atoms with van der Waals surface area (Å²) in [4.78, 5) is 1.07. The molecule has 0 saturated carbocycles. The summed E-state index contributed by atoms with van der Waals surface area (Å²) >= 11 is 3.36. The first kappa shape index (κ1) is 7.18. The summed E-state index contributed by atoms with van der Waals surface area (Å²) < 4.78 is 0. The van der Waals surface area contributed by atoms with Crippen molar-refractivity contribution in [2.75, 3.05) is 4.95 Å². The van der Waals surface area contributed by atoms with E-state index < -0.39 is 8.80 Å². The molecule has 0 rings (SSSR count). The molecule has 0 amide bonds. The van der Waals surface area contributed by atoms with Crippen LogP contribution in [0.3, 0.4) is 0 Å². The standard InChI is InChI=1S/C5H9BrSi/c1-3-7(4-2)5-6/h3-4,7H,1-2,5H2. The van der Waals surface area contributed by atoms with E-state index in [-0.39, 0.29) is 0 Å². The summed E-state index contributed by atoms with van der Waals surface area (Å²) in [5, 5.41) is 0. The van der Waals surface area contributed by atoms with Crippen LogP contribution in [0.4, 0.5) is 0 Å². The maximum absolute atomic E-state index is 3.66. The molecule has 0 aliphatic heterocycles. The Morgan fingerprint density at radius 2 is 1.86 bits per heavy atom. The van der Waals surface area contributed by atoms with Crippen molar-refractivity contribution < 1.29 is 0 Å². The molecule has 0 radical (unpaired) electrons. The van der Waals surface area contributed by atoms with Crippen LogP contribution in [0.25, 0.3) is 0 Å². The quantitative estimate of drug-likeness (QED) is 0.453. The molecule has 0 nitrogen and oxygen atoms in total. The Hall–Kier alpha value is 0.177. The SMILES string of the molecule is C=C[SiH](C=C)CBr. The second kappa shape index (κ2) is 4.34. The first-order chi connectivity index (χ1) is 3.35. The van der Waals surface area contributed by atoms with Gasteiger partial charge in [-0.25, -0.2) is 0 Å². The smallest absolute Gasteiger partial charge is 0.0944 e. The number of halogens is 1. The van der Waals surface area contributed by atoms with E-state index in [4.69, 9.17) is 0 Å². The molecule has 0 heterocycles. The van der Waals surface area contributed by atoms with Crippen molar-refractivity contribution in [1.29, 1.82) is 0 Å². The molecule has 0 N–H and O–H groups in total. The van der Waals surface area contributed by atoms with E-state index in [1.807, 2.05) is 11.4 Å². The molecule has 0 aromatic rings. The van der Waals surface area contributed by atoms with Gasteiger partial charge in [-0.05, 0) is 0 Å². The fourth-order valence-corrected chi connectivity index (χ4v) is 2.25. The van der Waals surface area contributed by atoms with Gasteiger partial charge in [0.15, 0.2) is 0 Å². The predicted molar refractivity (Wildman–Crippen MR) is 41.3 cm³/mol. The van der Waals surface area contributed by atoms with E-state index in [2.05, 4.69) is 29.1 Å². The molecule has 2 heteroatoms. The highest BCUT2D eigenvalue weighted by molar-refractivity contribution is 9.09. The van der Waals surface area contributed by atoms with Crippen molar-refractivity contribution in [2.24, 2.45) is 0 Å². The zero-order valence-corrected chi connectivity index (χ0v) is 6.97. The molecule has 0 aliphatic carbocycles. The van der Waals surface area contributed by atoms with Crippen LogP contribution in [0, 0.1) is 0 Å². The molecule has 0 bridgehead atoms. The monoisotopic (exact) mass is 176 g/mol. The number of hydrogen-bond acceptors (Lipinski definition) is 0. The van der Waals surface area contributed by atoms with E-state index in [9.17, 15) is 0 Å². The minimum atomic E-state index is -0.727. The molecule has 0 aromatic heterocycles. The highest BCUT2D eigenvalue weighted by Crippen LogP contribution is 1.89. The van der Waals surface area contributed by atoms with E-state index in [1.54, 1.807) is 0 Å². The van der Waals surface area contributed by atoms with Gasteiger partial charge < -0.3 is 0 Å². The molecule has 0 saturated heterocycles. The molecule has 0 aromatic carbocycles. The van der Waals surface area contributed by atoms with Crippen molar-refractivity contribution in [3.05, 3.63) is 24.6 Å². The summed E-state index contributed by atoms with van der Waals surface area (Å²) in [6, 6.07) is 0. The van der Waals surface area contributed by atoms with Gasteiger partial charge in [-0.15, -0.1) is 13.2 Å². The minimum Gasteiger partial charge on any atom is -0.107 e. The van der Waals surface area contributed by atoms with Crippen LogP contribution in [-0.2, 0) is 0 Å². The van der Waals surface area contributed by atoms with E-state index in [0.29, 0.717) is 0 Å². The number of rotatable bonds is 3. The summed E-state index contributed by atoms with van der Waals surface area (Å²) in [6.45, 7) is 7.33. The van der Waals surface area contributed by atoms with E-state index >= 15 is 0 Å². The normalized spacial score (nSPS) is 8.86. The zero-order chi connectivity index (χ0) is 5.70. The fraction of sp³-hybridized carbons (Fsp3) is 0.200. The Morgan fingerprint density at radius 1 is 1.43 bits per heavy atom. The van der Waals surface area contributed by atoms with Crippen LogP contribution < -0.4 is 0 Å². The van der Waals surface area contributed by atoms with Crippen molar-refractivity contribution >= 4 is 24.7 Å². The average Bonchev–Trinajstić information content (AvgIpc) is 1.72. The highest BCUT2D eigenvalue weighted by atomic mass is 79.9. The number of alkyl halides is 1. The lowest BCUT2D eigenvalue weighted by Gasteiger charge is -1.92. The predicted octanol–water partition coefficient (Wildman–Crippen LogP) is 1.60. The van der Waals surface area contributed by atoms with Gasteiger partial charge >= 0.3 is 0 Å². The van der Waals surface area contributed by atoms with Crippen LogP contribution in [-0.4, -0.2) is 13.8 Å². The maximum atomic E-state index is 3.66. The van der Waals surface area contributed by atoms with Crippen molar-refractivity contribution in [3.63, 3.8) is 0 Å². The van der Waals surface area contributed by atoms with Gasteiger partial charge in [0.2, 0.25) is 0 Å². The molecule has 7 heavy (non-hydrogen) atoms. The first-order valence-electron chi connectivity index (χ1n) is 2.16. The second-order valence-electron chi connectivity index (χ2n) is 1.29. The first-order valence-corrected chi connectivity index (χ1v) is 5.43. The Morgan fingerprint density at radius 3 is 1.86 bits per heavy atom. The maximum Gasteiger partial charge on any atom is 0.0944 e. The molecule has 0 atom stereocenters. The fourth-order valence-electron chi connectivity index (χ4n) is 0.222. The summed E-state index contributed by atoms with van der Waals surface area (Å²) in [5.74, 6) is 0. The van der Waals surface area contributed by atoms with Crippen molar-refractivity contribution in [2.45, 2.75) is 0 Å². The molecule has 0 aliphatic rings. The topological polar surface area (TPSA) is 0 Å². The van der Waals surface area contributed by atoms with Crippen molar-refractivity contribution in [1.82, 2.24) is 0 Å². The van der Waals surface area contributed by atoms with Gasteiger partial charge in [0.25, 0.3) is 0 Å². The Balaban J connectivity index is 3.36. The van der Waals surface area contributed by atoms with Gasteiger partial charge in [-0.3, -0.25) is 0 Å². The van der Waals surface area contributed by atoms with Gasteiger partial charge in [-0.1, -0.05) is 27.3 Å². The molecular formula is C5H9BrSi. The second-order valence-corrected chi connectivity index (χ2v) is 5.81. The van der Waals surface area contributed by atoms with Gasteiger partial charge in [0, 0.05) is 4.95 Å². The van der Waals surface area contributed by atoms with Crippen molar-refractivity contribution in [3.8, 4) is 0 Å². The zero-order valence-electron chi connectivity index (χ0n) is 4.23. The molecule has 0 spiro atoms. The van der Waals surface area contributed by atoms with E-state index in [0.717, 1.165) is 4.95 Å².